The van der Waals surface area contributed by atoms with Crippen molar-refractivity contribution in [2.45, 2.75) is 31.7 Å². The predicted octanol–water partition coefficient (Wildman–Crippen LogP) is 1.82. The SMILES string of the molecule is CCOc1nc(Cl)nc(NCC2(N(C)C)CCC2)n1. The summed E-state index contributed by atoms with van der Waals surface area (Å²) in [6, 6.07) is 0.262. The summed E-state index contributed by atoms with van der Waals surface area (Å²) < 4.78 is 5.25. The lowest BCUT2D eigenvalue weighted by atomic mass is 9.75. The first-order chi connectivity index (χ1) is 9.05. The van der Waals surface area contributed by atoms with E-state index in [1.165, 1.54) is 19.3 Å². The van der Waals surface area contributed by atoms with Gasteiger partial charge < -0.3 is 15.0 Å². The second-order valence-corrected chi connectivity index (χ2v) is 5.31. The van der Waals surface area contributed by atoms with Gasteiger partial charge in [-0.3, -0.25) is 0 Å². The highest BCUT2D eigenvalue weighted by Crippen LogP contribution is 2.36. The Bertz CT molecular complexity index is 436. The summed E-state index contributed by atoms with van der Waals surface area (Å²) in [6.07, 6.45) is 3.64. The molecule has 1 aliphatic rings. The van der Waals surface area contributed by atoms with Crippen LogP contribution in [0.25, 0.3) is 0 Å². The second kappa shape index (κ2) is 5.88. The fraction of sp³-hybridized carbons (Fsp3) is 0.750. The van der Waals surface area contributed by atoms with Gasteiger partial charge in [-0.1, -0.05) is 0 Å². The van der Waals surface area contributed by atoms with Crippen LogP contribution in [0.2, 0.25) is 5.28 Å². The topological polar surface area (TPSA) is 63.2 Å². The molecule has 0 aromatic carbocycles. The van der Waals surface area contributed by atoms with Crippen LogP contribution in [0.15, 0.2) is 0 Å². The van der Waals surface area contributed by atoms with Gasteiger partial charge >= 0.3 is 6.01 Å². The second-order valence-electron chi connectivity index (χ2n) is 4.97. The molecule has 1 aliphatic carbocycles. The van der Waals surface area contributed by atoms with Crippen molar-refractivity contribution in [3.8, 4) is 6.01 Å². The van der Waals surface area contributed by atoms with E-state index in [0.29, 0.717) is 12.6 Å². The summed E-state index contributed by atoms with van der Waals surface area (Å²) in [4.78, 5) is 14.4. The van der Waals surface area contributed by atoms with Crippen molar-refractivity contribution in [2.24, 2.45) is 0 Å². The van der Waals surface area contributed by atoms with Gasteiger partial charge in [-0.15, -0.1) is 0 Å². The van der Waals surface area contributed by atoms with Crippen molar-refractivity contribution in [2.75, 3.05) is 32.6 Å². The highest BCUT2D eigenvalue weighted by atomic mass is 35.5. The highest BCUT2D eigenvalue weighted by Gasteiger charge is 2.38. The van der Waals surface area contributed by atoms with Crippen molar-refractivity contribution in [3.63, 3.8) is 0 Å². The Morgan fingerprint density at radius 1 is 1.32 bits per heavy atom. The van der Waals surface area contributed by atoms with E-state index >= 15 is 0 Å². The third-order valence-corrected chi connectivity index (χ3v) is 3.84. The molecule has 19 heavy (non-hydrogen) atoms. The molecule has 1 saturated carbocycles. The van der Waals surface area contributed by atoms with Crippen LogP contribution >= 0.6 is 11.6 Å². The Kier molecular flexibility index (Phi) is 4.42. The van der Waals surface area contributed by atoms with Crippen molar-refractivity contribution >= 4 is 17.5 Å². The summed E-state index contributed by atoms with van der Waals surface area (Å²) in [5.41, 5.74) is 0.199. The van der Waals surface area contributed by atoms with Crippen molar-refractivity contribution in [3.05, 3.63) is 5.28 Å². The van der Waals surface area contributed by atoms with E-state index in [-0.39, 0.29) is 16.8 Å². The smallest absolute Gasteiger partial charge is 0.322 e. The number of ether oxygens (including phenoxy) is 1. The molecule has 1 N–H and O–H groups in total. The van der Waals surface area contributed by atoms with E-state index in [2.05, 4.69) is 39.3 Å². The van der Waals surface area contributed by atoms with E-state index < -0.39 is 0 Å². The molecule has 1 fully saturated rings. The third kappa shape index (κ3) is 3.25. The Hall–Kier alpha value is -1.14. The molecule has 1 heterocycles. The molecule has 6 nitrogen and oxygen atoms in total. The molecule has 1 aromatic heterocycles. The number of hydrogen-bond donors (Lipinski definition) is 1. The molecule has 0 atom stereocenters. The lowest BCUT2D eigenvalue weighted by Gasteiger charge is -2.47. The van der Waals surface area contributed by atoms with E-state index in [1.54, 1.807) is 0 Å². The van der Waals surface area contributed by atoms with Crippen LogP contribution in [0.5, 0.6) is 6.01 Å². The number of rotatable bonds is 6. The van der Waals surface area contributed by atoms with Crippen LogP contribution < -0.4 is 10.1 Å². The molecule has 0 aliphatic heterocycles. The summed E-state index contributed by atoms with van der Waals surface area (Å²) in [6.45, 7) is 3.17. The average molecular weight is 286 g/mol. The number of nitrogens with one attached hydrogen (secondary N) is 1. The minimum absolute atomic E-state index is 0.147. The molecule has 2 rings (SSSR count). The normalized spacial score (nSPS) is 17.1. The van der Waals surface area contributed by atoms with E-state index in [4.69, 9.17) is 16.3 Å². The lowest BCUT2D eigenvalue weighted by molar-refractivity contribution is 0.0737. The number of aromatic nitrogens is 3. The standard InChI is InChI=1S/C12H20ClN5O/c1-4-19-11-16-9(13)15-10(17-11)14-8-12(18(2)3)6-5-7-12/h4-8H2,1-3H3,(H,14,15,16,17). The first kappa shape index (κ1) is 14.3. The van der Waals surface area contributed by atoms with Crippen LogP contribution in [0.3, 0.4) is 0 Å². The number of anilines is 1. The van der Waals surface area contributed by atoms with Gasteiger partial charge in [-0.05, 0) is 51.9 Å². The van der Waals surface area contributed by atoms with Gasteiger partial charge in [0.05, 0.1) is 6.61 Å². The summed E-state index contributed by atoms with van der Waals surface area (Å²) in [5, 5.41) is 3.39. The zero-order chi connectivity index (χ0) is 13.9. The van der Waals surface area contributed by atoms with Crippen LogP contribution in [-0.4, -0.2) is 52.6 Å². The highest BCUT2D eigenvalue weighted by molar-refractivity contribution is 6.28. The van der Waals surface area contributed by atoms with Gasteiger partial charge in [0.15, 0.2) is 0 Å². The maximum absolute atomic E-state index is 5.85. The van der Waals surface area contributed by atoms with Gasteiger partial charge in [-0.25, -0.2) is 0 Å². The monoisotopic (exact) mass is 285 g/mol. The van der Waals surface area contributed by atoms with Gasteiger partial charge in [0.25, 0.3) is 0 Å². The van der Waals surface area contributed by atoms with Crippen LogP contribution in [0.1, 0.15) is 26.2 Å². The maximum Gasteiger partial charge on any atom is 0.322 e. The fourth-order valence-corrected chi connectivity index (χ4v) is 2.37. The quantitative estimate of drug-likeness (QED) is 0.860. The molecule has 106 valence electrons. The summed E-state index contributed by atoms with van der Waals surface area (Å²) in [5.74, 6) is 0.469. The maximum atomic E-state index is 5.85. The summed E-state index contributed by atoms with van der Waals surface area (Å²) in [7, 11) is 4.21. The number of nitrogens with zero attached hydrogens (tertiary/aromatic N) is 4. The average Bonchev–Trinajstić information content (AvgIpc) is 2.26. The fourth-order valence-electron chi connectivity index (χ4n) is 2.22. The lowest BCUT2D eigenvalue weighted by Crippen LogP contribution is -2.54. The number of halogens is 1. The molecule has 0 unspecified atom stereocenters. The van der Waals surface area contributed by atoms with Gasteiger partial charge in [-0.2, -0.15) is 15.0 Å². The minimum Gasteiger partial charge on any atom is -0.464 e. The van der Waals surface area contributed by atoms with E-state index in [0.717, 1.165) is 6.54 Å². The van der Waals surface area contributed by atoms with Gasteiger partial charge in [0.2, 0.25) is 11.2 Å². The molecule has 0 spiro atoms. The molecule has 0 radical (unpaired) electrons. The Morgan fingerprint density at radius 3 is 2.58 bits per heavy atom. The zero-order valence-corrected chi connectivity index (χ0v) is 12.4. The largest absolute Gasteiger partial charge is 0.464 e. The van der Waals surface area contributed by atoms with E-state index in [1.807, 2.05) is 6.92 Å². The van der Waals surface area contributed by atoms with Crippen molar-refractivity contribution in [1.82, 2.24) is 19.9 Å². The van der Waals surface area contributed by atoms with E-state index in [9.17, 15) is 0 Å². The van der Waals surface area contributed by atoms with Crippen LogP contribution in [0.4, 0.5) is 5.95 Å². The minimum atomic E-state index is 0.147. The number of hydrogen-bond acceptors (Lipinski definition) is 6. The summed E-state index contributed by atoms with van der Waals surface area (Å²) >= 11 is 5.85. The first-order valence-electron chi connectivity index (χ1n) is 6.51. The molecule has 7 heteroatoms. The Balaban J connectivity index is 2.02. The Morgan fingerprint density at radius 2 is 2.05 bits per heavy atom. The van der Waals surface area contributed by atoms with Crippen molar-refractivity contribution < 1.29 is 4.74 Å². The molecule has 0 bridgehead atoms. The Labute approximate surface area is 118 Å². The zero-order valence-electron chi connectivity index (χ0n) is 11.6. The first-order valence-corrected chi connectivity index (χ1v) is 6.89. The van der Waals surface area contributed by atoms with Gasteiger partial charge in [0.1, 0.15) is 0 Å². The van der Waals surface area contributed by atoms with Crippen LogP contribution in [0, 0.1) is 0 Å². The third-order valence-electron chi connectivity index (χ3n) is 3.67. The van der Waals surface area contributed by atoms with Crippen molar-refractivity contribution in [1.29, 1.82) is 0 Å². The molecule has 0 saturated heterocycles. The molecule has 0 amide bonds. The predicted molar refractivity (Wildman–Crippen MR) is 74.8 cm³/mol. The van der Waals surface area contributed by atoms with Crippen LogP contribution in [-0.2, 0) is 0 Å². The molecular formula is C12H20ClN5O. The number of likely N-dealkylation sites (N-methyl/N-ethyl adjacent to an activating group) is 1. The molecular weight excluding hydrogens is 266 g/mol. The molecule has 1 aromatic rings. The van der Waals surface area contributed by atoms with Gasteiger partial charge in [0, 0.05) is 12.1 Å².